The van der Waals surface area contributed by atoms with Crippen LogP contribution in [0, 0.1) is 0 Å². The first-order valence-electron chi connectivity index (χ1n) is 3.79. The van der Waals surface area contributed by atoms with E-state index in [0.29, 0.717) is 16.5 Å². The summed E-state index contributed by atoms with van der Waals surface area (Å²) in [6.07, 6.45) is 2.98. The van der Waals surface area contributed by atoms with Crippen molar-refractivity contribution < 1.29 is 9.90 Å². The van der Waals surface area contributed by atoms with E-state index in [1.807, 2.05) is 0 Å². The number of carboxylic acid groups (broad SMARTS) is 1. The molecule has 1 aromatic rings. The summed E-state index contributed by atoms with van der Waals surface area (Å²) in [7, 11) is 0. The Bertz CT molecular complexity index is 360. The van der Waals surface area contributed by atoms with Crippen LogP contribution in [0.1, 0.15) is 6.92 Å². The first-order valence-corrected chi connectivity index (χ1v) is 4.77. The standard InChI is InChI=1S/C7H10N4O2S/c1-5(6(12)13)2-3-14-7-10-9-4-11(7)8/h2,4H,3,8H2,1H3,(H,12,13). The van der Waals surface area contributed by atoms with Crippen LogP contribution < -0.4 is 5.84 Å². The largest absolute Gasteiger partial charge is 0.478 e. The zero-order valence-corrected chi connectivity index (χ0v) is 8.36. The predicted molar refractivity (Wildman–Crippen MR) is 52.3 cm³/mol. The van der Waals surface area contributed by atoms with Gasteiger partial charge in [0.15, 0.2) is 0 Å². The van der Waals surface area contributed by atoms with Crippen molar-refractivity contribution in [2.45, 2.75) is 12.1 Å². The van der Waals surface area contributed by atoms with Crippen LogP contribution in [0.4, 0.5) is 0 Å². The second kappa shape index (κ2) is 4.66. The molecule has 0 atom stereocenters. The Labute approximate surface area is 84.8 Å². The Kier molecular flexibility index (Phi) is 3.52. The number of aromatic nitrogens is 3. The van der Waals surface area contributed by atoms with Crippen LogP contribution in [0.15, 0.2) is 23.1 Å². The molecule has 0 radical (unpaired) electrons. The van der Waals surface area contributed by atoms with Gasteiger partial charge in [-0.15, -0.1) is 10.2 Å². The van der Waals surface area contributed by atoms with E-state index < -0.39 is 5.97 Å². The molecule has 0 bridgehead atoms. The average Bonchev–Trinajstić information content (AvgIpc) is 2.51. The topological polar surface area (TPSA) is 94.0 Å². The first-order chi connectivity index (χ1) is 6.61. The Morgan fingerprint density at radius 3 is 3.07 bits per heavy atom. The van der Waals surface area contributed by atoms with Gasteiger partial charge in [0.25, 0.3) is 0 Å². The van der Waals surface area contributed by atoms with Crippen molar-refractivity contribution in [3.05, 3.63) is 18.0 Å². The molecule has 0 aromatic carbocycles. The van der Waals surface area contributed by atoms with Crippen molar-refractivity contribution in [3.8, 4) is 0 Å². The van der Waals surface area contributed by atoms with Crippen molar-refractivity contribution in [1.82, 2.24) is 14.9 Å². The summed E-state index contributed by atoms with van der Waals surface area (Å²) in [5.74, 6) is 5.04. The van der Waals surface area contributed by atoms with Gasteiger partial charge in [-0.05, 0) is 6.92 Å². The lowest BCUT2D eigenvalue weighted by molar-refractivity contribution is -0.132. The van der Waals surface area contributed by atoms with Crippen molar-refractivity contribution in [2.75, 3.05) is 11.6 Å². The minimum atomic E-state index is -0.917. The van der Waals surface area contributed by atoms with Crippen LogP contribution in [0.5, 0.6) is 0 Å². The molecule has 1 aromatic heterocycles. The lowest BCUT2D eigenvalue weighted by Crippen LogP contribution is -2.07. The highest BCUT2D eigenvalue weighted by molar-refractivity contribution is 7.99. The van der Waals surface area contributed by atoms with E-state index >= 15 is 0 Å². The molecule has 0 amide bonds. The SMILES string of the molecule is CC(=CCSc1nncn1N)C(=O)O. The maximum Gasteiger partial charge on any atom is 0.330 e. The van der Waals surface area contributed by atoms with Gasteiger partial charge in [-0.1, -0.05) is 17.8 Å². The summed E-state index contributed by atoms with van der Waals surface area (Å²) in [5.41, 5.74) is 0.306. The summed E-state index contributed by atoms with van der Waals surface area (Å²) in [6.45, 7) is 1.54. The van der Waals surface area contributed by atoms with E-state index in [4.69, 9.17) is 10.9 Å². The summed E-state index contributed by atoms with van der Waals surface area (Å²) >= 11 is 1.32. The number of nitrogens with zero attached hydrogens (tertiary/aromatic N) is 3. The van der Waals surface area contributed by atoms with Gasteiger partial charge in [-0.3, -0.25) is 0 Å². The lowest BCUT2D eigenvalue weighted by atomic mass is 10.3. The second-order valence-corrected chi connectivity index (χ2v) is 3.51. The summed E-state index contributed by atoms with van der Waals surface area (Å²) in [4.78, 5) is 10.4. The fourth-order valence-electron chi connectivity index (χ4n) is 0.664. The van der Waals surface area contributed by atoms with E-state index in [9.17, 15) is 4.79 Å². The predicted octanol–water partition coefficient (Wildman–Crippen LogP) is 0.115. The number of thioether (sulfide) groups is 1. The number of carbonyl (C=O) groups is 1. The number of hydrogen-bond acceptors (Lipinski definition) is 5. The van der Waals surface area contributed by atoms with Gasteiger partial charge in [0.05, 0.1) is 0 Å². The van der Waals surface area contributed by atoms with Crippen LogP contribution in [-0.4, -0.2) is 31.7 Å². The third-order valence-electron chi connectivity index (χ3n) is 1.48. The van der Waals surface area contributed by atoms with E-state index in [1.165, 1.54) is 29.7 Å². The van der Waals surface area contributed by atoms with Gasteiger partial charge in [-0.2, -0.15) is 0 Å². The Hall–Kier alpha value is -1.50. The fraction of sp³-hybridized carbons (Fsp3) is 0.286. The van der Waals surface area contributed by atoms with Gasteiger partial charge in [0, 0.05) is 11.3 Å². The third kappa shape index (κ3) is 2.77. The number of hydrogen-bond donors (Lipinski definition) is 2. The minimum absolute atomic E-state index is 0.306. The van der Waals surface area contributed by atoms with E-state index in [1.54, 1.807) is 6.08 Å². The molecule has 0 fully saturated rings. The molecule has 6 nitrogen and oxygen atoms in total. The van der Waals surface area contributed by atoms with Crippen molar-refractivity contribution in [3.63, 3.8) is 0 Å². The summed E-state index contributed by atoms with van der Waals surface area (Å²) < 4.78 is 1.29. The minimum Gasteiger partial charge on any atom is -0.478 e. The highest BCUT2D eigenvalue weighted by Crippen LogP contribution is 2.12. The van der Waals surface area contributed by atoms with Gasteiger partial charge in [-0.25, -0.2) is 9.47 Å². The first kappa shape index (κ1) is 10.6. The molecule has 0 aliphatic heterocycles. The number of carboxylic acids is 1. The van der Waals surface area contributed by atoms with E-state index in [-0.39, 0.29) is 0 Å². The quantitative estimate of drug-likeness (QED) is 0.420. The Morgan fingerprint density at radius 1 is 1.86 bits per heavy atom. The van der Waals surface area contributed by atoms with Gasteiger partial charge < -0.3 is 10.9 Å². The number of rotatable bonds is 4. The molecule has 1 rings (SSSR count). The van der Waals surface area contributed by atoms with Crippen molar-refractivity contribution in [2.24, 2.45) is 0 Å². The third-order valence-corrected chi connectivity index (χ3v) is 2.36. The van der Waals surface area contributed by atoms with Crippen LogP contribution >= 0.6 is 11.8 Å². The molecule has 76 valence electrons. The molecular formula is C7H10N4O2S. The molecule has 0 aliphatic rings. The second-order valence-electron chi connectivity index (χ2n) is 2.52. The lowest BCUT2D eigenvalue weighted by Gasteiger charge is -1.96. The number of nitrogen functional groups attached to an aromatic ring is 1. The normalized spacial score (nSPS) is 11.6. The Morgan fingerprint density at radius 2 is 2.57 bits per heavy atom. The molecule has 0 aliphatic carbocycles. The molecule has 14 heavy (non-hydrogen) atoms. The van der Waals surface area contributed by atoms with Crippen molar-refractivity contribution >= 4 is 17.7 Å². The molecule has 1 heterocycles. The van der Waals surface area contributed by atoms with E-state index in [0.717, 1.165) is 0 Å². The van der Waals surface area contributed by atoms with Gasteiger partial charge in [0.1, 0.15) is 6.33 Å². The molecule has 0 spiro atoms. The Balaban J connectivity index is 2.46. The van der Waals surface area contributed by atoms with Crippen LogP contribution in [0.25, 0.3) is 0 Å². The molecular weight excluding hydrogens is 204 g/mol. The van der Waals surface area contributed by atoms with Gasteiger partial charge in [0.2, 0.25) is 5.16 Å². The van der Waals surface area contributed by atoms with E-state index in [2.05, 4.69) is 10.2 Å². The maximum absolute atomic E-state index is 10.4. The zero-order valence-electron chi connectivity index (χ0n) is 7.54. The maximum atomic E-state index is 10.4. The smallest absolute Gasteiger partial charge is 0.330 e. The number of aliphatic carboxylic acids is 1. The fourth-order valence-corrected chi connectivity index (χ4v) is 1.45. The molecule has 3 N–H and O–H groups in total. The highest BCUT2D eigenvalue weighted by atomic mass is 32.2. The average molecular weight is 214 g/mol. The molecule has 0 saturated carbocycles. The van der Waals surface area contributed by atoms with Gasteiger partial charge >= 0.3 is 5.97 Å². The summed E-state index contributed by atoms with van der Waals surface area (Å²) in [5, 5.41) is 16.4. The van der Waals surface area contributed by atoms with Crippen LogP contribution in [0.3, 0.4) is 0 Å². The molecule has 7 heteroatoms. The monoisotopic (exact) mass is 214 g/mol. The number of nitrogens with two attached hydrogens (primary N) is 1. The highest BCUT2D eigenvalue weighted by Gasteiger charge is 2.02. The van der Waals surface area contributed by atoms with Crippen LogP contribution in [0.2, 0.25) is 0 Å². The summed E-state index contributed by atoms with van der Waals surface area (Å²) in [6, 6.07) is 0. The molecule has 0 saturated heterocycles. The van der Waals surface area contributed by atoms with Crippen LogP contribution in [-0.2, 0) is 4.79 Å². The zero-order chi connectivity index (χ0) is 10.6. The van der Waals surface area contributed by atoms with Crippen molar-refractivity contribution in [1.29, 1.82) is 0 Å². The molecule has 0 unspecified atom stereocenters.